The molecule has 0 saturated carbocycles. The van der Waals surface area contributed by atoms with Crippen LogP contribution < -0.4 is 4.74 Å². The Bertz CT molecular complexity index is 772. The number of rotatable bonds is 6. The SMILES string of the molecule is CCc1nc2ccccc2n1CCOc1ccc(C(C)C)cc1. The smallest absolute Gasteiger partial charge is 0.119 e. The molecular formula is C20H24N2O. The molecule has 0 aliphatic carbocycles. The maximum Gasteiger partial charge on any atom is 0.119 e. The second-order valence-corrected chi connectivity index (χ2v) is 6.09. The van der Waals surface area contributed by atoms with Gasteiger partial charge in [-0.05, 0) is 35.7 Å². The van der Waals surface area contributed by atoms with E-state index in [1.54, 1.807) is 0 Å². The predicted octanol–water partition coefficient (Wildman–Crippen LogP) is 4.80. The number of ether oxygens (including phenoxy) is 1. The summed E-state index contributed by atoms with van der Waals surface area (Å²) in [4.78, 5) is 4.70. The third-order valence-corrected chi connectivity index (χ3v) is 4.18. The number of hydrogen-bond acceptors (Lipinski definition) is 2. The molecule has 0 unspecified atom stereocenters. The minimum Gasteiger partial charge on any atom is -0.492 e. The molecule has 0 aliphatic rings. The Morgan fingerprint density at radius 2 is 1.78 bits per heavy atom. The van der Waals surface area contributed by atoms with Crippen molar-refractivity contribution >= 4 is 11.0 Å². The monoisotopic (exact) mass is 308 g/mol. The third-order valence-electron chi connectivity index (χ3n) is 4.18. The summed E-state index contributed by atoms with van der Waals surface area (Å²) in [5.41, 5.74) is 3.58. The number of benzene rings is 2. The molecular weight excluding hydrogens is 284 g/mol. The predicted molar refractivity (Wildman–Crippen MR) is 95.1 cm³/mol. The van der Waals surface area contributed by atoms with Crippen molar-refractivity contribution in [2.45, 2.75) is 39.7 Å². The Morgan fingerprint density at radius 3 is 2.48 bits per heavy atom. The van der Waals surface area contributed by atoms with Gasteiger partial charge in [0.25, 0.3) is 0 Å². The van der Waals surface area contributed by atoms with Crippen LogP contribution in [0.5, 0.6) is 5.75 Å². The van der Waals surface area contributed by atoms with Gasteiger partial charge in [-0.3, -0.25) is 0 Å². The molecule has 0 saturated heterocycles. The van der Waals surface area contributed by atoms with Crippen LogP contribution in [0, 0.1) is 0 Å². The second kappa shape index (κ2) is 6.86. The van der Waals surface area contributed by atoms with E-state index in [1.807, 2.05) is 6.07 Å². The molecule has 0 bridgehead atoms. The molecule has 0 fully saturated rings. The fourth-order valence-electron chi connectivity index (χ4n) is 2.85. The number of imidazole rings is 1. The van der Waals surface area contributed by atoms with E-state index in [0.29, 0.717) is 12.5 Å². The highest BCUT2D eigenvalue weighted by Gasteiger charge is 2.08. The number of hydrogen-bond donors (Lipinski definition) is 0. The zero-order valence-electron chi connectivity index (χ0n) is 14.1. The maximum atomic E-state index is 5.91. The van der Waals surface area contributed by atoms with Gasteiger partial charge in [0.05, 0.1) is 17.6 Å². The van der Waals surface area contributed by atoms with E-state index in [2.05, 4.69) is 67.8 Å². The molecule has 3 rings (SSSR count). The van der Waals surface area contributed by atoms with Crippen molar-refractivity contribution in [2.24, 2.45) is 0 Å². The van der Waals surface area contributed by atoms with Crippen LogP contribution in [0.25, 0.3) is 11.0 Å². The number of fused-ring (bicyclic) bond motifs is 1. The Balaban J connectivity index is 1.69. The first-order chi connectivity index (χ1) is 11.2. The summed E-state index contributed by atoms with van der Waals surface area (Å²) in [5, 5.41) is 0. The first-order valence-corrected chi connectivity index (χ1v) is 8.36. The van der Waals surface area contributed by atoms with Crippen molar-refractivity contribution < 1.29 is 4.74 Å². The van der Waals surface area contributed by atoms with Crippen LogP contribution >= 0.6 is 0 Å². The summed E-state index contributed by atoms with van der Waals surface area (Å²) in [5.74, 6) is 2.59. The van der Waals surface area contributed by atoms with E-state index in [1.165, 1.54) is 11.1 Å². The van der Waals surface area contributed by atoms with E-state index in [9.17, 15) is 0 Å². The van der Waals surface area contributed by atoms with Crippen molar-refractivity contribution in [1.29, 1.82) is 0 Å². The molecule has 2 aromatic carbocycles. The summed E-state index contributed by atoms with van der Waals surface area (Å²) in [6.07, 6.45) is 0.928. The molecule has 0 aliphatic heterocycles. The van der Waals surface area contributed by atoms with Crippen molar-refractivity contribution in [2.75, 3.05) is 6.61 Å². The summed E-state index contributed by atoms with van der Waals surface area (Å²) in [7, 11) is 0. The van der Waals surface area contributed by atoms with Gasteiger partial charge in [-0.15, -0.1) is 0 Å². The van der Waals surface area contributed by atoms with Crippen molar-refractivity contribution in [3.8, 4) is 5.75 Å². The quantitative estimate of drug-likeness (QED) is 0.654. The normalized spacial score (nSPS) is 11.3. The zero-order chi connectivity index (χ0) is 16.2. The molecule has 0 N–H and O–H groups in total. The second-order valence-electron chi connectivity index (χ2n) is 6.09. The van der Waals surface area contributed by atoms with Crippen LogP contribution in [0.3, 0.4) is 0 Å². The Morgan fingerprint density at radius 1 is 1.04 bits per heavy atom. The molecule has 0 radical (unpaired) electrons. The molecule has 3 aromatic rings. The fourth-order valence-corrected chi connectivity index (χ4v) is 2.85. The molecule has 120 valence electrons. The van der Waals surface area contributed by atoms with Gasteiger partial charge in [-0.2, -0.15) is 0 Å². The van der Waals surface area contributed by atoms with Crippen LogP contribution in [0.1, 0.15) is 38.1 Å². The molecule has 0 atom stereocenters. The molecule has 0 spiro atoms. The van der Waals surface area contributed by atoms with Gasteiger partial charge < -0.3 is 9.30 Å². The minimum atomic E-state index is 0.550. The Labute approximate surface area is 137 Å². The van der Waals surface area contributed by atoms with Crippen LogP contribution in [-0.2, 0) is 13.0 Å². The van der Waals surface area contributed by atoms with E-state index in [4.69, 9.17) is 9.72 Å². The molecule has 1 heterocycles. The van der Waals surface area contributed by atoms with Gasteiger partial charge in [-0.25, -0.2) is 4.98 Å². The topological polar surface area (TPSA) is 27.1 Å². The van der Waals surface area contributed by atoms with Gasteiger partial charge in [0.1, 0.15) is 18.2 Å². The van der Waals surface area contributed by atoms with Crippen molar-refractivity contribution in [3.63, 3.8) is 0 Å². The van der Waals surface area contributed by atoms with Gasteiger partial charge in [0.15, 0.2) is 0 Å². The molecule has 0 amide bonds. The molecule has 3 heteroatoms. The summed E-state index contributed by atoms with van der Waals surface area (Å²) >= 11 is 0. The largest absolute Gasteiger partial charge is 0.492 e. The van der Waals surface area contributed by atoms with Gasteiger partial charge in [0, 0.05) is 6.42 Å². The number of nitrogens with zero attached hydrogens (tertiary/aromatic N) is 2. The average molecular weight is 308 g/mol. The maximum absolute atomic E-state index is 5.91. The van der Waals surface area contributed by atoms with Gasteiger partial charge in [0.2, 0.25) is 0 Å². The standard InChI is InChI=1S/C20H24N2O/c1-4-20-21-18-7-5-6-8-19(18)22(20)13-14-23-17-11-9-16(10-12-17)15(2)3/h5-12,15H,4,13-14H2,1-3H3. The summed E-state index contributed by atoms with van der Waals surface area (Å²) in [6, 6.07) is 16.7. The summed E-state index contributed by atoms with van der Waals surface area (Å²) in [6.45, 7) is 8.01. The van der Waals surface area contributed by atoms with Gasteiger partial charge >= 0.3 is 0 Å². The lowest BCUT2D eigenvalue weighted by molar-refractivity contribution is 0.298. The molecule has 3 nitrogen and oxygen atoms in total. The third kappa shape index (κ3) is 3.39. The van der Waals surface area contributed by atoms with Crippen LogP contribution in [-0.4, -0.2) is 16.2 Å². The van der Waals surface area contributed by atoms with E-state index in [0.717, 1.165) is 30.1 Å². The highest BCUT2D eigenvalue weighted by molar-refractivity contribution is 5.75. The van der Waals surface area contributed by atoms with Crippen LogP contribution in [0.15, 0.2) is 48.5 Å². The fraction of sp³-hybridized carbons (Fsp3) is 0.350. The number of aryl methyl sites for hydroxylation is 1. The molecule has 1 aromatic heterocycles. The first-order valence-electron chi connectivity index (χ1n) is 8.36. The zero-order valence-corrected chi connectivity index (χ0v) is 14.1. The van der Waals surface area contributed by atoms with Gasteiger partial charge in [-0.1, -0.05) is 45.0 Å². The van der Waals surface area contributed by atoms with E-state index in [-0.39, 0.29) is 0 Å². The van der Waals surface area contributed by atoms with E-state index < -0.39 is 0 Å². The minimum absolute atomic E-state index is 0.550. The highest BCUT2D eigenvalue weighted by atomic mass is 16.5. The Kier molecular flexibility index (Phi) is 4.65. The summed E-state index contributed by atoms with van der Waals surface area (Å²) < 4.78 is 8.18. The van der Waals surface area contributed by atoms with Crippen molar-refractivity contribution in [1.82, 2.24) is 9.55 Å². The van der Waals surface area contributed by atoms with Crippen molar-refractivity contribution in [3.05, 3.63) is 59.9 Å². The first kappa shape index (κ1) is 15.6. The lowest BCUT2D eigenvalue weighted by Crippen LogP contribution is -2.10. The number of aromatic nitrogens is 2. The number of para-hydroxylation sites is 2. The highest BCUT2D eigenvalue weighted by Crippen LogP contribution is 2.19. The Hall–Kier alpha value is -2.29. The van der Waals surface area contributed by atoms with Crippen LogP contribution in [0.4, 0.5) is 0 Å². The average Bonchev–Trinajstić information content (AvgIpc) is 2.93. The van der Waals surface area contributed by atoms with Crippen LogP contribution in [0.2, 0.25) is 0 Å². The molecule has 23 heavy (non-hydrogen) atoms. The lowest BCUT2D eigenvalue weighted by Gasteiger charge is -2.11. The lowest BCUT2D eigenvalue weighted by atomic mass is 10.0. The van der Waals surface area contributed by atoms with E-state index >= 15 is 0 Å².